The fraction of sp³-hybridized carbons (Fsp3) is 0.542. The highest BCUT2D eigenvalue weighted by molar-refractivity contribution is 5.78. The second-order valence-corrected chi connectivity index (χ2v) is 8.44. The van der Waals surface area contributed by atoms with Crippen LogP contribution in [0, 0.1) is 0 Å². The summed E-state index contributed by atoms with van der Waals surface area (Å²) >= 11 is 0. The first kappa shape index (κ1) is 20.0. The van der Waals surface area contributed by atoms with Gasteiger partial charge in [-0.15, -0.1) is 0 Å². The number of aryl methyl sites for hydroxylation is 1. The fourth-order valence-electron chi connectivity index (χ4n) is 4.66. The van der Waals surface area contributed by atoms with Gasteiger partial charge in [0.1, 0.15) is 0 Å². The molecular formula is C24H34N4O. The Bertz CT molecular complexity index is 835. The van der Waals surface area contributed by atoms with E-state index in [-0.39, 0.29) is 0 Å². The Labute approximate surface area is 174 Å². The van der Waals surface area contributed by atoms with Crippen molar-refractivity contribution in [2.75, 3.05) is 37.6 Å². The highest BCUT2D eigenvalue weighted by atomic mass is 16.2. The van der Waals surface area contributed by atoms with Crippen molar-refractivity contribution in [3.63, 3.8) is 0 Å². The molecular weight excluding hydrogens is 360 g/mol. The summed E-state index contributed by atoms with van der Waals surface area (Å²) in [5.41, 5.74) is 5.48. The van der Waals surface area contributed by atoms with E-state index in [9.17, 15) is 4.79 Å². The number of nitrogens with zero attached hydrogens (tertiary/aromatic N) is 4. The van der Waals surface area contributed by atoms with Crippen molar-refractivity contribution in [1.29, 1.82) is 0 Å². The van der Waals surface area contributed by atoms with Gasteiger partial charge in [-0.1, -0.05) is 31.5 Å². The zero-order valence-electron chi connectivity index (χ0n) is 17.9. The molecule has 2 aromatic rings. The first-order valence-corrected chi connectivity index (χ1v) is 11.1. The molecule has 5 nitrogen and oxygen atoms in total. The molecule has 2 fully saturated rings. The Morgan fingerprint density at radius 3 is 2.31 bits per heavy atom. The largest absolute Gasteiger partial charge is 0.369 e. The van der Waals surface area contributed by atoms with Crippen molar-refractivity contribution in [3.8, 4) is 0 Å². The molecule has 2 aliphatic rings. The molecule has 0 aliphatic carbocycles. The van der Waals surface area contributed by atoms with Crippen LogP contribution < -0.4 is 4.90 Å². The van der Waals surface area contributed by atoms with Crippen LogP contribution in [0.3, 0.4) is 0 Å². The van der Waals surface area contributed by atoms with Crippen LogP contribution in [0.1, 0.15) is 43.1 Å². The highest BCUT2D eigenvalue weighted by Crippen LogP contribution is 2.24. The minimum atomic E-state index is 0.298. The molecule has 1 amide bonds. The van der Waals surface area contributed by atoms with Gasteiger partial charge in [0.05, 0.1) is 6.54 Å². The van der Waals surface area contributed by atoms with E-state index in [4.69, 9.17) is 0 Å². The standard InChI is InChI=1S/C24H34N4O/c1-3-7-20-8-4-5-9-23(20)27-16-14-26(15-17-27)18-21-11-12-22(25(21)2)19-28-13-6-10-24(28)29/h4-5,8-9,11-12H,3,6-7,10,13-19H2,1-2H3. The van der Waals surface area contributed by atoms with E-state index < -0.39 is 0 Å². The van der Waals surface area contributed by atoms with E-state index >= 15 is 0 Å². The normalized spacial score (nSPS) is 18.1. The zero-order chi connectivity index (χ0) is 20.2. The molecule has 5 heteroatoms. The third-order valence-corrected chi connectivity index (χ3v) is 6.46. The third-order valence-electron chi connectivity index (χ3n) is 6.46. The Morgan fingerprint density at radius 2 is 1.62 bits per heavy atom. The van der Waals surface area contributed by atoms with Gasteiger partial charge in [-0.3, -0.25) is 9.69 Å². The predicted molar refractivity (Wildman–Crippen MR) is 118 cm³/mol. The van der Waals surface area contributed by atoms with Crippen LogP contribution in [0.5, 0.6) is 0 Å². The molecule has 2 saturated heterocycles. The number of hydrogen-bond donors (Lipinski definition) is 0. The number of likely N-dealkylation sites (tertiary alicyclic amines) is 1. The lowest BCUT2D eigenvalue weighted by Gasteiger charge is -2.37. The number of anilines is 1. The first-order valence-electron chi connectivity index (χ1n) is 11.1. The molecule has 1 aromatic carbocycles. The topological polar surface area (TPSA) is 31.7 Å². The molecule has 29 heavy (non-hydrogen) atoms. The summed E-state index contributed by atoms with van der Waals surface area (Å²) in [6, 6.07) is 13.3. The summed E-state index contributed by atoms with van der Waals surface area (Å²) in [7, 11) is 2.14. The number of hydrogen-bond acceptors (Lipinski definition) is 3. The molecule has 156 valence electrons. The molecule has 2 aliphatic heterocycles. The molecule has 0 spiro atoms. The lowest BCUT2D eigenvalue weighted by atomic mass is 10.1. The molecule has 0 atom stereocenters. The quantitative estimate of drug-likeness (QED) is 0.721. The minimum Gasteiger partial charge on any atom is -0.369 e. The van der Waals surface area contributed by atoms with E-state index in [2.05, 4.69) is 64.7 Å². The molecule has 0 unspecified atom stereocenters. The van der Waals surface area contributed by atoms with Crippen molar-refractivity contribution in [2.45, 2.75) is 45.7 Å². The van der Waals surface area contributed by atoms with Gasteiger partial charge in [0.2, 0.25) is 5.91 Å². The Kier molecular flexibility index (Phi) is 6.24. The molecule has 4 rings (SSSR count). The molecule has 0 N–H and O–H groups in total. The lowest BCUT2D eigenvalue weighted by molar-refractivity contribution is -0.128. The first-order chi connectivity index (χ1) is 14.2. The van der Waals surface area contributed by atoms with Gasteiger partial charge in [-0.2, -0.15) is 0 Å². The molecule has 0 radical (unpaired) electrons. The number of carbonyl (C=O) groups excluding carboxylic acids is 1. The minimum absolute atomic E-state index is 0.298. The molecule has 3 heterocycles. The van der Waals surface area contributed by atoms with Gasteiger partial charge in [-0.25, -0.2) is 0 Å². The van der Waals surface area contributed by atoms with Crippen molar-refractivity contribution in [2.24, 2.45) is 7.05 Å². The Morgan fingerprint density at radius 1 is 0.897 bits per heavy atom. The van der Waals surface area contributed by atoms with E-state index in [1.807, 2.05) is 4.90 Å². The van der Waals surface area contributed by atoms with Crippen molar-refractivity contribution < 1.29 is 4.79 Å². The highest BCUT2D eigenvalue weighted by Gasteiger charge is 2.23. The van der Waals surface area contributed by atoms with Gasteiger partial charge < -0.3 is 14.4 Å². The van der Waals surface area contributed by atoms with Crippen molar-refractivity contribution >= 4 is 11.6 Å². The second-order valence-electron chi connectivity index (χ2n) is 8.44. The number of amides is 1. The van der Waals surface area contributed by atoms with E-state index in [1.54, 1.807) is 0 Å². The number of carbonyl (C=O) groups is 1. The van der Waals surface area contributed by atoms with Gasteiger partial charge >= 0.3 is 0 Å². The predicted octanol–water partition coefficient (Wildman–Crippen LogP) is 3.42. The number of benzene rings is 1. The van der Waals surface area contributed by atoms with Crippen LogP contribution in [0.25, 0.3) is 0 Å². The maximum Gasteiger partial charge on any atom is 0.222 e. The SMILES string of the molecule is CCCc1ccccc1N1CCN(Cc2ccc(CN3CCCC3=O)n2C)CC1. The summed E-state index contributed by atoms with van der Waals surface area (Å²) in [4.78, 5) is 19.0. The average Bonchev–Trinajstić information content (AvgIpc) is 3.30. The van der Waals surface area contributed by atoms with Crippen LogP contribution in [0.2, 0.25) is 0 Å². The van der Waals surface area contributed by atoms with Crippen LogP contribution in [-0.2, 0) is 31.4 Å². The molecule has 0 saturated carbocycles. The maximum atomic E-state index is 11.9. The Balaban J connectivity index is 1.34. The zero-order valence-corrected chi connectivity index (χ0v) is 17.9. The summed E-state index contributed by atoms with van der Waals surface area (Å²) < 4.78 is 2.29. The van der Waals surface area contributed by atoms with Gasteiger partial charge in [0.25, 0.3) is 0 Å². The molecule has 1 aromatic heterocycles. The fourth-order valence-corrected chi connectivity index (χ4v) is 4.66. The van der Waals surface area contributed by atoms with E-state index in [0.717, 1.165) is 58.7 Å². The van der Waals surface area contributed by atoms with Gasteiger partial charge in [-0.05, 0) is 36.6 Å². The number of para-hydroxylation sites is 1. The van der Waals surface area contributed by atoms with Crippen molar-refractivity contribution in [3.05, 3.63) is 53.3 Å². The van der Waals surface area contributed by atoms with Crippen LogP contribution in [0.15, 0.2) is 36.4 Å². The lowest BCUT2D eigenvalue weighted by Crippen LogP contribution is -2.46. The summed E-state index contributed by atoms with van der Waals surface area (Å²) in [5.74, 6) is 0.298. The third kappa shape index (κ3) is 4.50. The van der Waals surface area contributed by atoms with Crippen LogP contribution in [0.4, 0.5) is 5.69 Å². The maximum absolute atomic E-state index is 11.9. The summed E-state index contributed by atoms with van der Waals surface area (Å²) in [6.45, 7) is 9.23. The Hall–Kier alpha value is -2.27. The number of aromatic nitrogens is 1. The van der Waals surface area contributed by atoms with Gasteiger partial charge in [0, 0.05) is 69.8 Å². The van der Waals surface area contributed by atoms with Crippen LogP contribution in [-0.4, -0.2) is 53.0 Å². The second kappa shape index (κ2) is 9.04. The smallest absolute Gasteiger partial charge is 0.222 e. The van der Waals surface area contributed by atoms with Crippen molar-refractivity contribution in [1.82, 2.24) is 14.4 Å². The number of rotatable bonds is 7. The summed E-state index contributed by atoms with van der Waals surface area (Å²) in [6.07, 6.45) is 4.06. The van der Waals surface area contributed by atoms with Crippen LogP contribution >= 0.6 is 0 Å². The molecule has 0 bridgehead atoms. The summed E-state index contributed by atoms with van der Waals surface area (Å²) in [5, 5.41) is 0. The number of piperazine rings is 1. The monoisotopic (exact) mass is 394 g/mol. The van der Waals surface area contributed by atoms with E-state index in [0.29, 0.717) is 12.3 Å². The van der Waals surface area contributed by atoms with E-state index in [1.165, 1.54) is 29.1 Å². The van der Waals surface area contributed by atoms with Gasteiger partial charge in [0.15, 0.2) is 0 Å². The average molecular weight is 395 g/mol.